The highest BCUT2D eigenvalue weighted by molar-refractivity contribution is 7.12. The van der Waals surface area contributed by atoms with Gasteiger partial charge < -0.3 is 20.4 Å². The molecule has 3 aromatic heterocycles. The van der Waals surface area contributed by atoms with Crippen LogP contribution < -0.4 is 15.5 Å². The van der Waals surface area contributed by atoms with Gasteiger partial charge in [0.15, 0.2) is 0 Å². The van der Waals surface area contributed by atoms with Crippen LogP contribution in [0.2, 0.25) is 0 Å². The summed E-state index contributed by atoms with van der Waals surface area (Å²) in [5, 5.41) is 12.5. The zero-order valence-corrected chi connectivity index (χ0v) is 21.6. The molecule has 0 saturated carbocycles. The smallest absolute Gasteiger partial charge is 0.265 e. The Hall–Kier alpha value is -4.25. The quantitative estimate of drug-likeness (QED) is 0.396. The maximum Gasteiger partial charge on any atom is 0.265 e. The summed E-state index contributed by atoms with van der Waals surface area (Å²) in [7, 11) is 0. The van der Waals surface area contributed by atoms with Crippen LogP contribution in [-0.2, 0) is 4.79 Å². The van der Waals surface area contributed by atoms with Crippen LogP contribution in [0.3, 0.4) is 0 Å². The summed E-state index contributed by atoms with van der Waals surface area (Å²) in [6.07, 6.45) is 3.41. The molecule has 10 nitrogen and oxygen atoms in total. The average molecular weight is 517 g/mol. The average Bonchev–Trinajstić information content (AvgIpc) is 3.57. The maximum absolute atomic E-state index is 12.2. The Kier molecular flexibility index (Phi) is 6.87. The highest BCUT2D eigenvalue weighted by atomic mass is 32.1. The lowest BCUT2D eigenvalue weighted by Crippen LogP contribution is -2.58. The molecule has 0 bridgehead atoms. The topological polar surface area (TPSA) is 108 Å². The van der Waals surface area contributed by atoms with Gasteiger partial charge in [-0.3, -0.25) is 9.59 Å². The van der Waals surface area contributed by atoms with Gasteiger partial charge in [-0.05, 0) is 55.6 Å². The normalized spacial score (nSPS) is 17.5. The molecular formula is C26H28N8O2S. The van der Waals surface area contributed by atoms with Crippen molar-refractivity contribution in [2.75, 3.05) is 28.6 Å². The zero-order chi connectivity index (χ0) is 25.9. The molecule has 0 unspecified atom stereocenters. The fourth-order valence-corrected chi connectivity index (χ4v) is 5.28. The fourth-order valence-electron chi connectivity index (χ4n) is 4.66. The van der Waals surface area contributed by atoms with Crippen molar-refractivity contribution in [2.24, 2.45) is 0 Å². The number of amides is 2. The first-order valence-electron chi connectivity index (χ1n) is 12.0. The number of carbonyl (C=O) groups is 2. The highest BCUT2D eigenvalue weighted by Crippen LogP contribution is 2.23. The zero-order valence-electron chi connectivity index (χ0n) is 20.8. The maximum atomic E-state index is 12.2. The second-order valence-corrected chi connectivity index (χ2v) is 10.00. The number of benzene rings is 1. The standard InChI is InChI=1S/C26H28N8O2S/c1-17-14-32(15-18(2)34(17)19(3)35)24-13-22(10-11-27-24)33-16-28-26(31-33)30-21-8-6-20(7-9-21)29-25(36)23-5-4-12-37-23/h4-13,16-18H,14-15H2,1-3H3,(H,29,36)(H,30,31)/t17-,18+. The van der Waals surface area contributed by atoms with E-state index in [-0.39, 0.29) is 23.9 Å². The predicted octanol–water partition coefficient (Wildman–Crippen LogP) is 4.17. The minimum atomic E-state index is -0.127. The van der Waals surface area contributed by atoms with E-state index < -0.39 is 0 Å². The van der Waals surface area contributed by atoms with E-state index in [9.17, 15) is 9.59 Å². The van der Waals surface area contributed by atoms with Gasteiger partial charge >= 0.3 is 0 Å². The predicted molar refractivity (Wildman–Crippen MR) is 145 cm³/mol. The van der Waals surface area contributed by atoms with E-state index in [0.29, 0.717) is 29.6 Å². The van der Waals surface area contributed by atoms with Crippen molar-refractivity contribution in [3.63, 3.8) is 0 Å². The van der Waals surface area contributed by atoms with Crippen molar-refractivity contribution in [2.45, 2.75) is 32.9 Å². The van der Waals surface area contributed by atoms with Gasteiger partial charge in [0.05, 0.1) is 10.6 Å². The van der Waals surface area contributed by atoms with Crippen LogP contribution in [0.15, 0.2) is 66.4 Å². The van der Waals surface area contributed by atoms with Crippen molar-refractivity contribution in [1.29, 1.82) is 0 Å². The van der Waals surface area contributed by atoms with E-state index in [1.807, 2.05) is 52.7 Å². The van der Waals surface area contributed by atoms with Crippen LogP contribution in [0.1, 0.15) is 30.4 Å². The third-order valence-electron chi connectivity index (χ3n) is 6.24. The molecule has 1 fully saturated rings. The number of anilines is 4. The Morgan fingerprint density at radius 2 is 1.73 bits per heavy atom. The largest absolute Gasteiger partial charge is 0.352 e. The van der Waals surface area contributed by atoms with Gasteiger partial charge in [0.1, 0.15) is 12.1 Å². The molecular weight excluding hydrogens is 488 g/mol. The molecule has 4 aromatic rings. The lowest BCUT2D eigenvalue weighted by molar-refractivity contribution is -0.133. The number of piperazine rings is 1. The number of nitrogens with zero attached hydrogens (tertiary/aromatic N) is 6. The summed E-state index contributed by atoms with van der Waals surface area (Å²) in [6.45, 7) is 7.18. The van der Waals surface area contributed by atoms with Gasteiger partial charge in [-0.2, -0.15) is 4.98 Å². The number of aromatic nitrogens is 4. The van der Waals surface area contributed by atoms with Gasteiger partial charge in [0, 0.05) is 55.7 Å². The highest BCUT2D eigenvalue weighted by Gasteiger charge is 2.31. The molecule has 4 heterocycles. The molecule has 2 N–H and O–H groups in total. The molecule has 0 aliphatic carbocycles. The Labute approximate surface area is 219 Å². The van der Waals surface area contributed by atoms with Crippen molar-refractivity contribution in [3.8, 4) is 5.69 Å². The van der Waals surface area contributed by atoms with E-state index >= 15 is 0 Å². The molecule has 1 aliphatic rings. The number of pyridine rings is 1. The number of rotatable bonds is 6. The number of carbonyl (C=O) groups excluding carboxylic acids is 2. The van der Waals surface area contributed by atoms with E-state index in [2.05, 4.69) is 44.4 Å². The van der Waals surface area contributed by atoms with Crippen LogP contribution in [0.5, 0.6) is 0 Å². The number of thiophene rings is 1. The van der Waals surface area contributed by atoms with Gasteiger partial charge in [0.25, 0.3) is 5.91 Å². The van der Waals surface area contributed by atoms with E-state index in [0.717, 1.165) is 17.2 Å². The monoisotopic (exact) mass is 516 g/mol. The van der Waals surface area contributed by atoms with Crippen LogP contribution in [0, 0.1) is 0 Å². The second kappa shape index (κ2) is 10.4. The molecule has 1 aromatic carbocycles. The molecule has 37 heavy (non-hydrogen) atoms. The summed E-state index contributed by atoms with van der Waals surface area (Å²) >= 11 is 1.40. The van der Waals surface area contributed by atoms with Gasteiger partial charge in [0.2, 0.25) is 11.9 Å². The number of hydrogen-bond donors (Lipinski definition) is 2. The van der Waals surface area contributed by atoms with Crippen LogP contribution in [0.4, 0.5) is 23.1 Å². The first-order chi connectivity index (χ1) is 17.9. The molecule has 2 atom stereocenters. The molecule has 11 heteroatoms. The van der Waals surface area contributed by atoms with Crippen LogP contribution >= 0.6 is 11.3 Å². The van der Waals surface area contributed by atoms with Crippen molar-refractivity contribution < 1.29 is 9.59 Å². The van der Waals surface area contributed by atoms with E-state index in [4.69, 9.17) is 0 Å². The van der Waals surface area contributed by atoms with E-state index in [1.165, 1.54) is 11.3 Å². The van der Waals surface area contributed by atoms with Crippen molar-refractivity contribution in [3.05, 3.63) is 71.3 Å². The molecule has 5 rings (SSSR count). The molecule has 0 radical (unpaired) electrons. The van der Waals surface area contributed by atoms with Gasteiger partial charge in [-0.25, -0.2) is 9.67 Å². The third kappa shape index (κ3) is 5.46. The Morgan fingerprint density at radius 3 is 2.41 bits per heavy atom. The van der Waals surface area contributed by atoms with Crippen molar-refractivity contribution in [1.82, 2.24) is 24.6 Å². The minimum absolute atomic E-state index is 0.0989. The molecule has 190 valence electrons. The number of hydrogen-bond acceptors (Lipinski definition) is 8. The molecule has 1 aliphatic heterocycles. The Bertz CT molecular complexity index is 1370. The molecule has 1 saturated heterocycles. The molecule has 0 spiro atoms. The summed E-state index contributed by atoms with van der Waals surface area (Å²) in [6, 6.07) is 15.1. The lowest BCUT2D eigenvalue weighted by atomic mass is 10.1. The van der Waals surface area contributed by atoms with Crippen LogP contribution in [0.25, 0.3) is 5.69 Å². The van der Waals surface area contributed by atoms with Gasteiger partial charge in [-0.1, -0.05) is 6.07 Å². The Balaban J connectivity index is 1.24. The summed E-state index contributed by atoms with van der Waals surface area (Å²) in [4.78, 5) is 38.0. The third-order valence-corrected chi connectivity index (χ3v) is 7.10. The summed E-state index contributed by atoms with van der Waals surface area (Å²) in [5.41, 5.74) is 2.35. The summed E-state index contributed by atoms with van der Waals surface area (Å²) < 4.78 is 1.70. The van der Waals surface area contributed by atoms with E-state index in [1.54, 1.807) is 30.2 Å². The van der Waals surface area contributed by atoms with Crippen molar-refractivity contribution >= 4 is 46.3 Å². The van der Waals surface area contributed by atoms with Crippen LogP contribution in [-0.4, -0.2) is 61.6 Å². The number of nitrogens with one attached hydrogen (secondary N) is 2. The SMILES string of the molecule is CC(=O)N1[C@H](C)CN(c2cc(-n3cnc(Nc4ccc(NC(=O)c5cccs5)cc4)n3)ccn2)C[C@@H]1C. The summed E-state index contributed by atoms with van der Waals surface area (Å²) in [5.74, 6) is 1.26. The van der Waals surface area contributed by atoms with Gasteiger partial charge in [-0.15, -0.1) is 16.4 Å². The Morgan fingerprint density at radius 1 is 1.00 bits per heavy atom. The first kappa shape index (κ1) is 24.4. The second-order valence-electron chi connectivity index (χ2n) is 9.05. The molecule has 2 amide bonds. The minimum Gasteiger partial charge on any atom is -0.352 e. The fraction of sp³-hybridized carbons (Fsp3) is 0.269. The lowest BCUT2D eigenvalue weighted by Gasteiger charge is -2.44. The first-order valence-corrected chi connectivity index (χ1v) is 12.9.